The zero-order valence-electron chi connectivity index (χ0n) is 16.8. The van der Waals surface area contributed by atoms with E-state index < -0.39 is 16.1 Å². The highest BCUT2D eigenvalue weighted by Crippen LogP contribution is 2.30. The third-order valence-electron chi connectivity index (χ3n) is 6.79. The summed E-state index contributed by atoms with van der Waals surface area (Å²) in [7, 11) is -3.78. The fourth-order valence-corrected chi connectivity index (χ4v) is 6.48. The van der Waals surface area contributed by atoms with E-state index in [0.29, 0.717) is 24.0 Å². The van der Waals surface area contributed by atoms with Gasteiger partial charge in [-0.05, 0) is 54.3 Å². The molecule has 2 aromatic rings. The SMILES string of the molecule is O=C1[C@@H](NS(=O)(=O)c2ccc3cc(Cl)ccc3c2)CCN1C1CN(C2CCCC2)C1. The number of nitrogens with zero attached hydrogens (tertiary/aromatic N) is 2. The number of benzene rings is 2. The van der Waals surface area contributed by atoms with Gasteiger partial charge in [0.1, 0.15) is 6.04 Å². The van der Waals surface area contributed by atoms with Crippen LogP contribution in [-0.2, 0) is 14.8 Å². The van der Waals surface area contributed by atoms with E-state index in [2.05, 4.69) is 9.62 Å². The Morgan fingerprint density at radius 1 is 0.933 bits per heavy atom. The van der Waals surface area contributed by atoms with Crippen molar-refractivity contribution in [2.45, 2.75) is 55.1 Å². The Morgan fingerprint density at radius 2 is 1.63 bits per heavy atom. The van der Waals surface area contributed by atoms with Gasteiger partial charge in [-0.15, -0.1) is 0 Å². The average molecular weight is 448 g/mol. The number of rotatable bonds is 5. The normalized spacial score (nSPS) is 24.1. The summed E-state index contributed by atoms with van der Waals surface area (Å²) < 4.78 is 28.5. The molecule has 2 saturated heterocycles. The van der Waals surface area contributed by atoms with E-state index in [-0.39, 0.29) is 16.8 Å². The maximum absolute atomic E-state index is 12.9. The first-order valence-electron chi connectivity index (χ1n) is 10.7. The quantitative estimate of drug-likeness (QED) is 0.764. The minimum absolute atomic E-state index is 0.0952. The van der Waals surface area contributed by atoms with Gasteiger partial charge in [-0.25, -0.2) is 8.42 Å². The molecular formula is C22H26ClN3O3S. The van der Waals surface area contributed by atoms with Crippen molar-refractivity contribution in [3.63, 3.8) is 0 Å². The molecule has 160 valence electrons. The first-order valence-corrected chi connectivity index (χ1v) is 12.5. The molecule has 1 atom stereocenters. The van der Waals surface area contributed by atoms with E-state index >= 15 is 0 Å². The average Bonchev–Trinajstić information content (AvgIpc) is 3.32. The van der Waals surface area contributed by atoms with Gasteiger partial charge < -0.3 is 4.90 Å². The minimum Gasteiger partial charge on any atom is -0.336 e. The number of carbonyl (C=O) groups is 1. The van der Waals surface area contributed by atoms with E-state index in [1.165, 1.54) is 25.7 Å². The molecule has 2 heterocycles. The molecule has 2 aliphatic heterocycles. The number of carbonyl (C=O) groups excluding carboxylic acids is 1. The van der Waals surface area contributed by atoms with Gasteiger partial charge in [0, 0.05) is 30.7 Å². The van der Waals surface area contributed by atoms with Crippen molar-refractivity contribution in [3.05, 3.63) is 41.4 Å². The van der Waals surface area contributed by atoms with Crippen LogP contribution in [0.1, 0.15) is 32.1 Å². The maximum atomic E-state index is 12.9. The smallest absolute Gasteiger partial charge is 0.241 e. The monoisotopic (exact) mass is 447 g/mol. The first kappa shape index (κ1) is 20.2. The van der Waals surface area contributed by atoms with Crippen LogP contribution >= 0.6 is 11.6 Å². The zero-order valence-corrected chi connectivity index (χ0v) is 18.3. The van der Waals surface area contributed by atoms with Gasteiger partial charge in [-0.2, -0.15) is 4.72 Å². The topological polar surface area (TPSA) is 69.7 Å². The molecule has 1 N–H and O–H groups in total. The predicted molar refractivity (Wildman–Crippen MR) is 117 cm³/mol. The van der Waals surface area contributed by atoms with E-state index in [1.807, 2.05) is 4.90 Å². The molecule has 3 fully saturated rings. The number of fused-ring (bicyclic) bond motifs is 1. The highest BCUT2D eigenvalue weighted by molar-refractivity contribution is 7.89. The summed E-state index contributed by atoms with van der Waals surface area (Å²) in [5.74, 6) is -0.0952. The fourth-order valence-electron chi connectivity index (χ4n) is 5.04. The lowest BCUT2D eigenvalue weighted by atomic mass is 10.0. The Morgan fingerprint density at radius 3 is 2.40 bits per heavy atom. The Labute approximate surface area is 182 Å². The Balaban J connectivity index is 1.24. The molecule has 5 rings (SSSR count). The maximum Gasteiger partial charge on any atom is 0.241 e. The van der Waals surface area contributed by atoms with Crippen molar-refractivity contribution < 1.29 is 13.2 Å². The third kappa shape index (κ3) is 3.73. The van der Waals surface area contributed by atoms with Gasteiger partial charge in [0.05, 0.1) is 10.9 Å². The summed E-state index contributed by atoms with van der Waals surface area (Å²) >= 11 is 6.00. The highest BCUT2D eigenvalue weighted by Gasteiger charge is 2.44. The summed E-state index contributed by atoms with van der Waals surface area (Å²) in [6.07, 6.45) is 5.66. The largest absolute Gasteiger partial charge is 0.336 e. The lowest BCUT2D eigenvalue weighted by Crippen LogP contribution is -2.62. The Kier molecular flexibility index (Phi) is 5.25. The van der Waals surface area contributed by atoms with Gasteiger partial charge in [-0.3, -0.25) is 9.69 Å². The summed E-state index contributed by atoms with van der Waals surface area (Å²) in [5.41, 5.74) is 0. The number of halogens is 1. The van der Waals surface area contributed by atoms with E-state index in [9.17, 15) is 13.2 Å². The van der Waals surface area contributed by atoms with Crippen molar-refractivity contribution in [2.24, 2.45) is 0 Å². The Bertz CT molecular complexity index is 1080. The molecule has 1 amide bonds. The van der Waals surface area contributed by atoms with Crippen LogP contribution in [0.25, 0.3) is 10.8 Å². The number of likely N-dealkylation sites (tertiary alicyclic amines) is 2. The lowest BCUT2D eigenvalue weighted by molar-refractivity contribution is -0.134. The lowest BCUT2D eigenvalue weighted by Gasteiger charge is -2.47. The first-order chi connectivity index (χ1) is 14.4. The molecule has 30 heavy (non-hydrogen) atoms. The summed E-state index contributed by atoms with van der Waals surface area (Å²) in [6.45, 7) is 2.46. The summed E-state index contributed by atoms with van der Waals surface area (Å²) in [4.78, 5) is 17.4. The van der Waals surface area contributed by atoms with Crippen molar-refractivity contribution in [3.8, 4) is 0 Å². The van der Waals surface area contributed by atoms with Crippen molar-refractivity contribution in [2.75, 3.05) is 19.6 Å². The number of hydrogen-bond donors (Lipinski definition) is 1. The molecule has 3 aliphatic rings. The molecule has 0 unspecified atom stereocenters. The van der Waals surface area contributed by atoms with E-state index in [4.69, 9.17) is 11.6 Å². The predicted octanol–water partition coefficient (Wildman–Crippen LogP) is 3.00. The fraction of sp³-hybridized carbons (Fsp3) is 0.500. The highest BCUT2D eigenvalue weighted by atomic mass is 35.5. The van der Waals surface area contributed by atoms with Crippen molar-refractivity contribution in [1.82, 2.24) is 14.5 Å². The molecular weight excluding hydrogens is 422 g/mol. The molecule has 0 spiro atoms. The number of hydrogen-bond acceptors (Lipinski definition) is 4. The molecule has 0 bridgehead atoms. The van der Waals surface area contributed by atoms with Gasteiger partial charge in [0.2, 0.25) is 15.9 Å². The second-order valence-corrected chi connectivity index (χ2v) is 10.8. The molecule has 0 radical (unpaired) electrons. The van der Waals surface area contributed by atoms with E-state index in [0.717, 1.165) is 23.9 Å². The number of nitrogens with one attached hydrogen (secondary N) is 1. The summed E-state index contributed by atoms with van der Waals surface area (Å²) in [6, 6.07) is 10.5. The zero-order chi connectivity index (χ0) is 20.9. The van der Waals surface area contributed by atoms with Gasteiger partial charge in [0.15, 0.2) is 0 Å². The standard InChI is InChI=1S/C22H26ClN3O3S/c23-17-7-5-16-12-20(8-6-15(16)11-17)30(28,29)24-21-9-10-26(22(21)27)19-13-25(14-19)18-3-1-2-4-18/h5-8,11-12,18-19,21,24H,1-4,9-10,13-14H2/t21-/m0/s1. The summed E-state index contributed by atoms with van der Waals surface area (Å²) in [5, 5.41) is 2.28. The van der Waals surface area contributed by atoms with Gasteiger partial charge >= 0.3 is 0 Å². The van der Waals surface area contributed by atoms with Crippen LogP contribution in [0.4, 0.5) is 0 Å². The van der Waals surface area contributed by atoms with Crippen LogP contribution in [0, 0.1) is 0 Å². The molecule has 2 aromatic carbocycles. The van der Waals surface area contributed by atoms with Gasteiger partial charge in [-0.1, -0.05) is 36.6 Å². The molecule has 8 heteroatoms. The molecule has 6 nitrogen and oxygen atoms in total. The van der Waals surface area contributed by atoms with Crippen LogP contribution in [0.2, 0.25) is 5.02 Å². The van der Waals surface area contributed by atoms with Crippen molar-refractivity contribution >= 4 is 38.3 Å². The minimum atomic E-state index is -3.78. The van der Waals surface area contributed by atoms with Crippen molar-refractivity contribution in [1.29, 1.82) is 0 Å². The molecule has 1 aliphatic carbocycles. The van der Waals surface area contributed by atoms with Crippen LogP contribution in [0.3, 0.4) is 0 Å². The van der Waals surface area contributed by atoms with Crippen LogP contribution in [0.15, 0.2) is 41.3 Å². The third-order valence-corrected chi connectivity index (χ3v) is 8.50. The van der Waals surface area contributed by atoms with Crippen LogP contribution < -0.4 is 4.72 Å². The van der Waals surface area contributed by atoms with Gasteiger partial charge in [0.25, 0.3) is 0 Å². The van der Waals surface area contributed by atoms with E-state index in [1.54, 1.807) is 36.4 Å². The number of amides is 1. The number of sulfonamides is 1. The van der Waals surface area contributed by atoms with Crippen LogP contribution in [-0.4, -0.2) is 61.9 Å². The second-order valence-electron chi connectivity index (χ2n) is 8.69. The Hall–Kier alpha value is -1.67. The second kappa shape index (κ2) is 7.79. The molecule has 1 saturated carbocycles. The van der Waals surface area contributed by atoms with Crippen LogP contribution in [0.5, 0.6) is 0 Å². The molecule has 0 aromatic heterocycles.